The summed E-state index contributed by atoms with van der Waals surface area (Å²) >= 11 is 0. The second-order valence-corrected chi connectivity index (χ2v) is 7.05. The van der Waals surface area contributed by atoms with E-state index in [0.29, 0.717) is 6.42 Å². The summed E-state index contributed by atoms with van der Waals surface area (Å²) in [4.78, 5) is 0. The van der Waals surface area contributed by atoms with Gasteiger partial charge in [0.05, 0.1) is 18.8 Å². The van der Waals surface area contributed by atoms with Gasteiger partial charge in [-0.15, -0.1) is 0 Å². The zero-order valence-corrected chi connectivity index (χ0v) is 13.8. The lowest BCUT2D eigenvalue weighted by Crippen LogP contribution is -2.47. The number of aryl methyl sites for hydroxylation is 1. The normalized spacial score (nSPS) is 22.7. The highest BCUT2D eigenvalue weighted by Gasteiger charge is 2.23. The molecule has 0 aromatic heterocycles. The van der Waals surface area contributed by atoms with E-state index in [0.717, 1.165) is 18.3 Å². The summed E-state index contributed by atoms with van der Waals surface area (Å²) in [6.07, 6.45) is 8.08. The maximum atomic E-state index is 9.23. The van der Waals surface area contributed by atoms with Gasteiger partial charge in [-0.25, -0.2) is 0 Å². The minimum absolute atomic E-state index is 0.178. The van der Waals surface area contributed by atoms with Gasteiger partial charge >= 0.3 is 0 Å². The molecule has 0 radical (unpaired) electrons. The van der Waals surface area contributed by atoms with Gasteiger partial charge in [-0.2, -0.15) is 0 Å². The summed E-state index contributed by atoms with van der Waals surface area (Å²) in [6.45, 7) is 1.94. The topological polar surface area (TPSA) is 66.5 Å². The fourth-order valence-corrected chi connectivity index (χ4v) is 3.46. The predicted molar refractivity (Wildman–Crippen MR) is 90.8 cm³/mol. The van der Waals surface area contributed by atoms with Crippen molar-refractivity contribution in [3.8, 4) is 0 Å². The average molecular weight is 305 g/mol. The minimum atomic E-state index is -0.864. The van der Waals surface area contributed by atoms with Gasteiger partial charge in [0, 0.05) is 0 Å². The molecule has 0 spiro atoms. The third kappa shape index (κ3) is 4.55. The SMILES string of the molecule is CCC1CCC(c2ccc(CCC(N)(CO)CO)cc2)CC1. The lowest BCUT2D eigenvalue weighted by atomic mass is 9.77. The first-order valence-corrected chi connectivity index (χ1v) is 8.69. The number of hydrogen-bond acceptors (Lipinski definition) is 3. The van der Waals surface area contributed by atoms with Crippen molar-refractivity contribution in [1.29, 1.82) is 0 Å². The number of aliphatic hydroxyl groups excluding tert-OH is 2. The third-order valence-corrected chi connectivity index (χ3v) is 5.42. The molecule has 22 heavy (non-hydrogen) atoms. The summed E-state index contributed by atoms with van der Waals surface area (Å²) in [5, 5.41) is 18.5. The molecule has 1 aliphatic rings. The monoisotopic (exact) mass is 305 g/mol. The van der Waals surface area contributed by atoms with Crippen molar-refractivity contribution < 1.29 is 10.2 Å². The molecule has 0 heterocycles. The molecule has 3 nitrogen and oxygen atoms in total. The van der Waals surface area contributed by atoms with E-state index in [1.54, 1.807) is 0 Å². The van der Waals surface area contributed by atoms with Gasteiger partial charge in [0.1, 0.15) is 0 Å². The highest BCUT2D eigenvalue weighted by molar-refractivity contribution is 5.26. The molecule has 2 rings (SSSR count). The number of nitrogens with two attached hydrogens (primary N) is 1. The summed E-state index contributed by atoms with van der Waals surface area (Å²) in [6, 6.07) is 8.86. The van der Waals surface area contributed by atoms with Gasteiger partial charge in [0.25, 0.3) is 0 Å². The van der Waals surface area contributed by atoms with Crippen molar-refractivity contribution in [2.45, 2.75) is 63.3 Å². The maximum Gasteiger partial charge on any atom is 0.0633 e. The molecular formula is C19H31NO2. The molecule has 1 aromatic carbocycles. The number of hydrogen-bond donors (Lipinski definition) is 3. The molecule has 0 unspecified atom stereocenters. The zero-order chi connectivity index (χ0) is 16.0. The van der Waals surface area contributed by atoms with Crippen molar-refractivity contribution in [2.24, 2.45) is 11.7 Å². The van der Waals surface area contributed by atoms with Crippen LogP contribution in [0.1, 0.15) is 62.5 Å². The van der Waals surface area contributed by atoms with Crippen LogP contribution < -0.4 is 5.73 Å². The van der Waals surface area contributed by atoms with Gasteiger partial charge in [-0.3, -0.25) is 0 Å². The van der Waals surface area contributed by atoms with E-state index in [1.165, 1.54) is 43.2 Å². The van der Waals surface area contributed by atoms with Crippen molar-refractivity contribution in [3.05, 3.63) is 35.4 Å². The Bertz CT molecular complexity index is 431. The molecule has 1 aromatic rings. The van der Waals surface area contributed by atoms with E-state index in [2.05, 4.69) is 31.2 Å². The van der Waals surface area contributed by atoms with Crippen molar-refractivity contribution in [3.63, 3.8) is 0 Å². The van der Waals surface area contributed by atoms with Crippen molar-refractivity contribution in [2.75, 3.05) is 13.2 Å². The molecular weight excluding hydrogens is 274 g/mol. The smallest absolute Gasteiger partial charge is 0.0633 e. The first-order valence-electron chi connectivity index (χ1n) is 8.69. The molecule has 0 bridgehead atoms. The van der Waals surface area contributed by atoms with Crippen LogP contribution in [-0.2, 0) is 6.42 Å². The summed E-state index contributed by atoms with van der Waals surface area (Å²) in [7, 11) is 0. The third-order valence-electron chi connectivity index (χ3n) is 5.42. The molecule has 3 heteroatoms. The van der Waals surface area contributed by atoms with Crippen LogP contribution in [0.5, 0.6) is 0 Å². The summed E-state index contributed by atoms with van der Waals surface area (Å²) in [5.41, 5.74) is 7.74. The zero-order valence-electron chi connectivity index (χ0n) is 13.8. The molecule has 0 atom stereocenters. The van der Waals surface area contributed by atoms with Crippen LogP contribution in [0.3, 0.4) is 0 Å². The molecule has 1 saturated carbocycles. The van der Waals surface area contributed by atoms with E-state index < -0.39 is 5.54 Å². The highest BCUT2D eigenvalue weighted by Crippen LogP contribution is 2.36. The molecule has 0 saturated heterocycles. The average Bonchev–Trinajstić information content (AvgIpc) is 2.60. The Kier molecular flexibility index (Phi) is 6.42. The fraction of sp³-hybridized carbons (Fsp3) is 0.684. The Balaban J connectivity index is 1.88. The van der Waals surface area contributed by atoms with Gasteiger partial charge < -0.3 is 15.9 Å². The van der Waals surface area contributed by atoms with Gasteiger partial charge in [-0.05, 0) is 61.5 Å². The molecule has 0 aliphatic heterocycles. The van der Waals surface area contributed by atoms with Crippen LogP contribution in [0.2, 0.25) is 0 Å². The lowest BCUT2D eigenvalue weighted by molar-refractivity contribution is 0.115. The highest BCUT2D eigenvalue weighted by atomic mass is 16.3. The molecule has 1 aliphatic carbocycles. The van der Waals surface area contributed by atoms with Crippen LogP contribution >= 0.6 is 0 Å². The van der Waals surface area contributed by atoms with E-state index >= 15 is 0 Å². The number of benzene rings is 1. The Labute approximate surface area is 134 Å². The number of aliphatic hydroxyl groups is 2. The summed E-state index contributed by atoms with van der Waals surface area (Å²) in [5.74, 6) is 1.66. The van der Waals surface area contributed by atoms with E-state index in [1.807, 2.05) is 0 Å². The van der Waals surface area contributed by atoms with Crippen LogP contribution in [0, 0.1) is 5.92 Å². The van der Waals surface area contributed by atoms with Crippen molar-refractivity contribution >= 4 is 0 Å². The van der Waals surface area contributed by atoms with Crippen LogP contribution in [0.25, 0.3) is 0 Å². The Morgan fingerprint density at radius 2 is 1.64 bits per heavy atom. The molecule has 1 fully saturated rings. The quantitative estimate of drug-likeness (QED) is 0.725. The largest absolute Gasteiger partial charge is 0.394 e. The maximum absolute atomic E-state index is 9.23. The van der Waals surface area contributed by atoms with E-state index in [4.69, 9.17) is 5.73 Å². The Morgan fingerprint density at radius 1 is 1.05 bits per heavy atom. The van der Waals surface area contributed by atoms with E-state index in [9.17, 15) is 10.2 Å². The van der Waals surface area contributed by atoms with Gasteiger partial charge in [0.15, 0.2) is 0 Å². The molecule has 4 N–H and O–H groups in total. The Morgan fingerprint density at radius 3 is 2.14 bits per heavy atom. The standard InChI is InChI=1S/C19H31NO2/c1-2-15-3-7-17(8-4-15)18-9-5-16(6-10-18)11-12-19(20,13-21)14-22/h5-6,9-10,15,17,21-22H,2-4,7-8,11-14,20H2,1H3. The van der Waals surface area contributed by atoms with Crippen LogP contribution in [0.4, 0.5) is 0 Å². The lowest BCUT2D eigenvalue weighted by Gasteiger charge is -2.28. The molecule has 124 valence electrons. The second kappa shape index (κ2) is 8.09. The fourth-order valence-electron chi connectivity index (χ4n) is 3.46. The predicted octanol–water partition coefficient (Wildman–Crippen LogP) is 2.99. The van der Waals surface area contributed by atoms with Gasteiger partial charge in [0.2, 0.25) is 0 Å². The van der Waals surface area contributed by atoms with E-state index in [-0.39, 0.29) is 13.2 Å². The second-order valence-electron chi connectivity index (χ2n) is 7.05. The first-order chi connectivity index (χ1) is 10.6. The minimum Gasteiger partial charge on any atom is -0.394 e. The summed E-state index contributed by atoms with van der Waals surface area (Å²) < 4.78 is 0. The van der Waals surface area contributed by atoms with Gasteiger partial charge in [-0.1, -0.05) is 37.6 Å². The van der Waals surface area contributed by atoms with Crippen molar-refractivity contribution in [1.82, 2.24) is 0 Å². The molecule has 0 amide bonds. The van der Waals surface area contributed by atoms with Crippen LogP contribution in [-0.4, -0.2) is 29.0 Å². The Hall–Kier alpha value is -0.900. The first kappa shape index (κ1) is 17.5. The van der Waals surface area contributed by atoms with Crippen LogP contribution in [0.15, 0.2) is 24.3 Å². The number of rotatable bonds is 7.